The number of hydrogen-bond acceptors (Lipinski definition) is 2. The van der Waals surface area contributed by atoms with Crippen LogP contribution < -0.4 is 0 Å². The van der Waals surface area contributed by atoms with E-state index in [0.717, 1.165) is 6.07 Å². The maximum absolute atomic E-state index is 13.8. The lowest BCUT2D eigenvalue weighted by atomic mass is 10.1. The third-order valence-corrected chi connectivity index (χ3v) is 4.14. The summed E-state index contributed by atoms with van der Waals surface area (Å²) in [5, 5.41) is 0.606. The van der Waals surface area contributed by atoms with Crippen molar-refractivity contribution in [2.45, 2.75) is 26.0 Å². The Hall–Kier alpha value is -1.01. The minimum atomic E-state index is -0.827. The summed E-state index contributed by atoms with van der Waals surface area (Å²) in [6, 6.07) is 1.89. The summed E-state index contributed by atoms with van der Waals surface area (Å²) in [6.45, 7) is 4.15. The third-order valence-electron chi connectivity index (χ3n) is 3.42. The molecule has 0 radical (unpaired) electrons. The zero-order valence-corrected chi connectivity index (χ0v) is 12.9. The molecule has 0 aromatic heterocycles. The van der Waals surface area contributed by atoms with Crippen LogP contribution >= 0.6 is 15.9 Å². The second-order valence-corrected chi connectivity index (χ2v) is 5.64. The van der Waals surface area contributed by atoms with E-state index >= 15 is 0 Å². The van der Waals surface area contributed by atoms with Gasteiger partial charge in [0.05, 0.1) is 24.3 Å². The average molecular weight is 348 g/mol. The maximum atomic E-state index is 13.8. The smallest absolute Gasteiger partial charge is 0.257 e. The van der Waals surface area contributed by atoms with E-state index in [1.165, 1.54) is 13.0 Å². The number of benzene rings is 1. The Kier molecular flexibility index (Phi) is 4.75. The molecule has 1 saturated heterocycles. The Morgan fingerprint density at radius 2 is 2.15 bits per heavy atom. The summed E-state index contributed by atoms with van der Waals surface area (Å²) >= 11 is 3.31. The number of nitrogens with zero attached hydrogens (tertiary/aromatic N) is 1. The number of aryl methyl sites for hydroxylation is 1. The number of halogens is 3. The van der Waals surface area contributed by atoms with Gasteiger partial charge in [0.15, 0.2) is 0 Å². The molecule has 1 aromatic rings. The second kappa shape index (κ2) is 6.18. The highest BCUT2D eigenvalue weighted by Crippen LogP contribution is 2.20. The molecule has 0 bridgehead atoms. The fourth-order valence-electron chi connectivity index (χ4n) is 2.17. The van der Waals surface area contributed by atoms with Gasteiger partial charge in [0.2, 0.25) is 0 Å². The predicted molar refractivity (Wildman–Crippen MR) is 75.1 cm³/mol. The third kappa shape index (κ3) is 3.01. The van der Waals surface area contributed by atoms with E-state index in [-0.39, 0.29) is 23.3 Å². The molecule has 110 valence electrons. The number of ether oxygens (including phenoxy) is 1. The van der Waals surface area contributed by atoms with E-state index in [9.17, 15) is 13.6 Å². The first kappa shape index (κ1) is 15.4. The molecule has 0 saturated carbocycles. The van der Waals surface area contributed by atoms with Gasteiger partial charge in [-0.25, -0.2) is 8.78 Å². The molecule has 0 aliphatic carbocycles. The fraction of sp³-hybridized carbons (Fsp3) is 0.500. The Morgan fingerprint density at radius 3 is 2.80 bits per heavy atom. The number of carbonyl (C=O) groups excluding carboxylic acids is 1. The van der Waals surface area contributed by atoms with Gasteiger partial charge in [-0.05, 0) is 25.5 Å². The molecular formula is C14H16BrF2NO2. The van der Waals surface area contributed by atoms with Gasteiger partial charge in [-0.3, -0.25) is 4.79 Å². The van der Waals surface area contributed by atoms with Gasteiger partial charge in [-0.15, -0.1) is 0 Å². The Balaban J connectivity index is 2.28. The SMILES string of the molecule is Cc1cc(C(=O)N2CC(CBr)OCC2C)c(F)cc1F. The first-order chi connectivity index (χ1) is 9.43. The van der Waals surface area contributed by atoms with Crippen LogP contribution in [0, 0.1) is 18.6 Å². The first-order valence-corrected chi connectivity index (χ1v) is 7.50. The van der Waals surface area contributed by atoms with Crippen molar-refractivity contribution >= 4 is 21.8 Å². The van der Waals surface area contributed by atoms with Gasteiger partial charge < -0.3 is 9.64 Å². The summed E-state index contributed by atoms with van der Waals surface area (Å²) in [7, 11) is 0. The van der Waals surface area contributed by atoms with Crippen molar-refractivity contribution in [3.8, 4) is 0 Å². The van der Waals surface area contributed by atoms with Crippen molar-refractivity contribution in [2.24, 2.45) is 0 Å². The molecule has 1 aliphatic heterocycles. The van der Waals surface area contributed by atoms with E-state index in [0.29, 0.717) is 18.5 Å². The van der Waals surface area contributed by atoms with Crippen LogP contribution in [-0.2, 0) is 4.74 Å². The molecule has 1 heterocycles. The topological polar surface area (TPSA) is 29.5 Å². The summed E-state index contributed by atoms with van der Waals surface area (Å²) in [5.41, 5.74) is 0.165. The molecule has 2 atom stereocenters. The van der Waals surface area contributed by atoms with E-state index in [1.807, 2.05) is 6.92 Å². The summed E-state index contributed by atoms with van der Waals surface area (Å²) < 4.78 is 32.6. The first-order valence-electron chi connectivity index (χ1n) is 6.38. The average Bonchev–Trinajstić information content (AvgIpc) is 2.42. The van der Waals surface area contributed by atoms with E-state index in [2.05, 4.69) is 15.9 Å². The predicted octanol–water partition coefficient (Wildman–Crippen LogP) is 2.90. The quantitative estimate of drug-likeness (QED) is 0.770. The minimum absolute atomic E-state index is 0.0917. The highest BCUT2D eigenvalue weighted by Gasteiger charge is 2.31. The monoisotopic (exact) mass is 347 g/mol. The molecule has 0 N–H and O–H groups in total. The molecule has 2 rings (SSSR count). The standard InChI is InChI=1S/C14H16BrF2NO2/c1-8-3-11(13(17)4-12(8)16)14(19)18-6-10(5-15)20-7-9(18)2/h3-4,9-10H,5-7H2,1-2H3. The van der Waals surface area contributed by atoms with Crippen LogP contribution in [0.3, 0.4) is 0 Å². The Labute approximate surface area is 125 Å². The molecule has 3 nitrogen and oxygen atoms in total. The van der Waals surface area contributed by atoms with Gasteiger partial charge in [-0.1, -0.05) is 15.9 Å². The van der Waals surface area contributed by atoms with Gasteiger partial charge >= 0.3 is 0 Å². The zero-order chi connectivity index (χ0) is 14.9. The van der Waals surface area contributed by atoms with Crippen LogP contribution in [0.2, 0.25) is 0 Å². The van der Waals surface area contributed by atoms with Crippen LogP contribution in [0.4, 0.5) is 8.78 Å². The van der Waals surface area contributed by atoms with E-state index in [1.54, 1.807) is 4.90 Å². The molecule has 0 spiro atoms. The van der Waals surface area contributed by atoms with Crippen LogP contribution in [0.5, 0.6) is 0 Å². The largest absolute Gasteiger partial charge is 0.373 e. The Morgan fingerprint density at radius 1 is 1.45 bits per heavy atom. The highest BCUT2D eigenvalue weighted by atomic mass is 79.9. The summed E-state index contributed by atoms with van der Waals surface area (Å²) in [4.78, 5) is 14.0. The minimum Gasteiger partial charge on any atom is -0.373 e. The summed E-state index contributed by atoms with van der Waals surface area (Å²) in [5.74, 6) is -1.90. The van der Waals surface area contributed by atoms with Crippen molar-refractivity contribution in [1.29, 1.82) is 0 Å². The van der Waals surface area contributed by atoms with Gasteiger partial charge in [-0.2, -0.15) is 0 Å². The van der Waals surface area contributed by atoms with Crippen molar-refractivity contribution in [2.75, 3.05) is 18.5 Å². The molecule has 6 heteroatoms. The van der Waals surface area contributed by atoms with Crippen molar-refractivity contribution in [1.82, 2.24) is 4.90 Å². The molecule has 1 aliphatic rings. The lowest BCUT2D eigenvalue weighted by molar-refractivity contribution is -0.0363. The lowest BCUT2D eigenvalue weighted by Crippen LogP contribution is -2.51. The molecule has 20 heavy (non-hydrogen) atoms. The fourth-order valence-corrected chi connectivity index (χ4v) is 2.56. The van der Waals surface area contributed by atoms with Gasteiger partial charge in [0.25, 0.3) is 5.91 Å². The molecule has 1 fully saturated rings. The maximum Gasteiger partial charge on any atom is 0.257 e. The molecule has 2 unspecified atom stereocenters. The number of rotatable bonds is 2. The van der Waals surface area contributed by atoms with Crippen LogP contribution in [0.1, 0.15) is 22.8 Å². The zero-order valence-electron chi connectivity index (χ0n) is 11.3. The van der Waals surface area contributed by atoms with Crippen LogP contribution in [0.15, 0.2) is 12.1 Å². The van der Waals surface area contributed by atoms with Crippen molar-refractivity contribution in [3.05, 3.63) is 34.9 Å². The van der Waals surface area contributed by atoms with Gasteiger partial charge in [0.1, 0.15) is 11.6 Å². The summed E-state index contributed by atoms with van der Waals surface area (Å²) in [6.07, 6.45) is -0.111. The van der Waals surface area contributed by atoms with E-state index < -0.39 is 17.5 Å². The second-order valence-electron chi connectivity index (χ2n) is 5.00. The highest BCUT2D eigenvalue weighted by molar-refractivity contribution is 9.09. The van der Waals surface area contributed by atoms with Crippen LogP contribution in [0.25, 0.3) is 0 Å². The Bertz CT molecular complexity index is 524. The number of hydrogen-bond donors (Lipinski definition) is 0. The number of amides is 1. The van der Waals surface area contributed by atoms with Gasteiger partial charge in [0, 0.05) is 17.9 Å². The van der Waals surface area contributed by atoms with Crippen molar-refractivity contribution < 1.29 is 18.3 Å². The van der Waals surface area contributed by atoms with Crippen LogP contribution in [-0.4, -0.2) is 41.4 Å². The lowest BCUT2D eigenvalue weighted by Gasteiger charge is -2.37. The molecule has 1 aromatic carbocycles. The van der Waals surface area contributed by atoms with E-state index in [4.69, 9.17) is 4.74 Å². The normalized spacial score (nSPS) is 22.9. The van der Waals surface area contributed by atoms with Crippen molar-refractivity contribution in [3.63, 3.8) is 0 Å². The number of morpholine rings is 1. The number of carbonyl (C=O) groups is 1. The molecular weight excluding hydrogens is 332 g/mol. The number of alkyl halides is 1. The molecule has 1 amide bonds.